The van der Waals surface area contributed by atoms with Crippen LogP contribution in [0.25, 0.3) is 0 Å². The minimum atomic E-state index is -0.922. The number of rotatable bonds is 28. The molecular weight excluding hydrogens is 833 g/mol. The number of carboxylic acids is 1. The summed E-state index contributed by atoms with van der Waals surface area (Å²) in [6.07, 6.45) is 12.4. The van der Waals surface area contributed by atoms with Gasteiger partial charge in [-0.25, -0.2) is 9.36 Å². The predicted octanol–water partition coefficient (Wildman–Crippen LogP) is -4.90. The molecule has 0 aromatic carbocycles. The maximum Gasteiger partial charge on any atom is 0.338 e. The first-order chi connectivity index (χ1) is 31.1. The topological polar surface area (TPSA) is 318 Å². The van der Waals surface area contributed by atoms with Gasteiger partial charge in [-0.15, -0.1) is 16.6 Å². The van der Waals surface area contributed by atoms with Crippen molar-refractivity contribution in [1.82, 2.24) is 54.7 Å². The molecule has 3 aromatic rings. The summed E-state index contributed by atoms with van der Waals surface area (Å²) in [7, 11) is 0. The molecule has 0 radical (unpaired) electrons. The first-order valence-electron chi connectivity index (χ1n) is 21.8. The number of aryl methyl sites for hydroxylation is 2. The van der Waals surface area contributed by atoms with E-state index >= 15 is 0 Å². The Labute approximate surface area is 372 Å². The fourth-order valence-corrected chi connectivity index (χ4v) is 6.98. The zero-order valence-electron chi connectivity index (χ0n) is 36.6. The molecule has 350 valence electrons. The molecule has 10 N–H and O–H groups in total. The largest absolute Gasteiger partial charge is 0.481 e. The van der Waals surface area contributed by atoms with Gasteiger partial charge in [-0.1, -0.05) is 16.3 Å². The molecule has 2 aliphatic rings. The van der Waals surface area contributed by atoms with Crippen LogP contribution in [0.5, 0.6) is 0 Å². The van der Waals surface area contributed by atoms with Crippen LogP contribution in [0.4, 0.5) is 17.8 Å². The highest BCUT2D eigenvalue weighted by Crippen LogP contribution is 2.23. The van der Waals surface area contributed by atoms with Crippen molar-refractivity contribution in [3.63, 3.8) is 0 Å². The van der Waals surface area contributed by atoms with E-state index in [9.17, 15) is 14.4 Å². The number of hydrogen-bond donors (Lipinski definition) is 6. The van der Waals surface area contributed by atoms with Gasteiger partial charge in [-0.3, -0.25) is 30.8 Å². The Morgan fingerprint density at radius 2 is 1.47 bits per heavy atom. The zero-order valence-corrected chi connectivity index (χ0v) is 36.6. The highest BCUT2D eigenvalue weighted by atomic mass is 16.5. The third-order valence-corrected chi connectivity index (χ3v) is 10.4. The Hall–Kier alpha value is -6.23. The Kier molecular flexibility index (Phi) is 20.1. The lowest BCUT2D eigenvalue weighted by atomic mass is 10.1. The van der Waals surface area contributed by atoms with E-state index in [1.165, 1.54) is 0 Å². The van der Waals surface area contributed by atoms with E-state index in [1.807, 2.05) is 14.7 Å². The first kappa shape index (κ1) is 48.8. The van der Waals surface area contributed by atoms with E-state index in [0.29, 0.717) is 135 Å². The molecule has 25 nitrogen and oxygen atoms in total. The van der Waals surface area contributed by atoms with Gasteiger partial charge < -0.3 is 50.0 Å². The normalized spacial score (nSPS) is 14.6. The summed E-state index contributed by atoms with van der Waals surface area (Å²) in [6.45, 7) is 7.87. The SMILES string of the molecule is C#CCOCCOCCOCCNc1nc(N2CCN(C(=O)Cn3cc(CCC[NH+]=C(N)N)nn3)CC2)nc(N2CCN(C(=O)[C@H](CCCC[NH3+])n3cc(CCC(=O)O)nn3)CC2)n1. The van der Waals surface area contributed by atoms with E-state index in [4.69, 9.17) is 52.2 Å². The van der Waals surface area contributed by atoms with Gasteiger partial charge in [0, 0.05) is 77.7 Å². The Morgan fingerprint density at radius 3 is 2.12 bits per heavy atom. The van der Waals surface area contributed by atoms with E-state index in [1.54, 1.807) is 26.7 Å². The van der Waals surface area contributed by atoms with E-state index in [-0.39, 0.29) is 43.8 Å². The number of carboxylic acid groups (broad SMARTS) is 1. The molecule has 0 spiro atoms. The van der Waals surface area contributed by atoms with Crippen molar-refractivity contribution in [2.75, 3.05) is 127 Å². The molecule has 0 saturated carbocycles. The number of unbranched alkanes of at least 4 members (excludes halogenated alkanes) is 1. The highest BCUT2D eigenvalue weighted by Gasteiger charge is 2.31. The summed E-state index contributed by atoms with van der Waals surface area (Å²) >= 11 is 0. The van der Waals surface area contributed by atoms with Crippen LogP contribution in [-0.4, -0.2) is 195 Å². The zero-order chi connectivity index (χ0) is 45.5. The van der Waals surface area contributed by atoms with Gasteiger partial charge in [0.2, 0.25) is 29.7 Å². The fourth-order valence-electron chi connectivity index (χ4n) is 6.98. The minimum absolute atomic E-state index is 0.0657. The van der Waals surface area contributed by atoms with Crippen LogP contribution in [0, 0.1) is 12.3 Å². The van der Waals surface area contributed by atoms with Crippen LogP contribution in [0.2, 0.25) is 0 Å². The van der Waals surface area contributed by atoms with Crippen LogP contribution in [0.3, 0.4) is 0 Å². The van der Waals surface area contributed by atoms with Gasteiger partial charge >= 0.3 is 11.9 Å². The number of anilines is 3. The molecule has 2 aliphatic heterocycles. The lowest BCUT2D eigenvalue weighted by Gasteiger charge is -2.37. The Balaban J connectivity index is 1.19. The number of terminal acetylenes is 1. The number of quaternary nitrogens is 1. The van der Waals surface area contributed by atoms with Gasteiger partial charge in [-0.2, -0.15) is 15.0 Å². The average Bonchev–Trinajstić information content (AvgIpc) is 3.97. The summed E-state index contributed by atoms with van der Waals surface area (Å²) in [5.74, 6) is 2.84. The summed E-state index contributed by atoms with van der Waals surface area (Å²) in [6, 6.07) is -0.571. The standard InChI is InChI=1S/C39H62N18O7/c1-2-21-62-23-25-64-26-24-63-22-12-44-37-45-38(54-17-13-52(14-18-54)33(58)29-56-27-30(48-50-56)6-5-11-43-36(41)42)47-39(46-37)55-19-15-53(16-20-55)35(61)32(7-3-4-10-40)57-28-31(49-51-57)8-9-34(59)60/h1,27-28,32H,3-26,29,40H2,(H,59,60)(H4,41,42,43)(H,44,45,46,47)/p+2/t32-/m0/s1. The average molecular weight is 897 g/mol. The number of aliphatic carboxylic acids is 1. The van der Waals surface area contributed by atoms with Gasteiger partial charge in [-0.05, 0) is 32.1 Å². The van der Waals surface area contributed by atoms with Crippen LogP contribution in [0.1, 0.15) is 49.5 Å². The summed E-state index contributed by atoms with van der Waals surface area (Å²) in [4.78, 5) is 63.5. The summed E-state index contributed by atoms with van der Waals surface area (Å²) in [5, 5.41) is 29.1. The number of nitrogens with zero attached hydrogens (tertiary/aromatic N) is 13. The van der Waals surface area contributed by atoms with E-state index in [0.717, 1.165) is 31.5 Å². The van der Waals surface area contributed by atoms with Crippen LogP contribution in [-0.2, 0) is 48.0 Å². The van der Waals surface area contributed by atoms with E-state index < -0.39 is 12.0 Å². The van der Waals surface area contributed by atoms with Crippen molar-refractivity contribution < 1.29 is 44.4 Å². The van der Waals surface area contributed by atoms with Crippen LogP contribution >= 0.6 is 0 Å². The number of aromatic nitrogens is 9. The van der Waals surface area contributed by atoms with Crippen molar-refractivity contribution >= 4 is 41.6 Å². The molecule has 0 bridgehead atoms. The molecule has 5 heterocycles. The van der Waals surface area contributed by atoms with Crippen molar-refractivity contribution in [1.29, 1.82) is 0 Å². The molecule has 64 heavy (non-hydrogen) atoms. The molecule has 3 aromatic heterocycles. The van der Waals surface area contributed by atoms with Crippen LogP contribution in [0.15, 0.2) is 12.4 Å². The van der Waals surface area contributed by atoms with Crippen molar-refractivity contribution in [2.45, 2.75) is 57.5 Å². The number of hydrogen-bond acceptors (Lipinski definition) is 16. The second-order valence-corrected chi connectivity index (χ2v) is 15.2. The van der Waals surface area contributed by atoms with Gasteiger partial charge in [0.25, 0.3) is 0 Å². The van der Waals surface area contributed by atoms with Gasteiger partial charge in [0.1, 0.15) is 19.2 Å². The molecule has 1 atom stereocenters. The number of nitrogens with two attached hydrogens (primary N) is 2. The monoisotopic (exact) mass is 897 g/mol. The maximum atomic E-state index is 14.0. The summed E-state index contributed by atoms with van der Waals surface area (Å²) in [5.41, 5.74) is 16.1. The van der Waals surface area contributed by atoms with E-state index in [2.05, 4.69) is 42.6 Å². The lowest BCUT2D eigenvalue weighted by Crippen LogP contribution is -2.78. The van der Waals surface area contributed by atoms with Crippen molar-refractivity contribution in [2.24, 2.45) is 11.5 Å². The van der Waals surface area contributed by atoms with Gasteiger partial charge in [0.05, 0.1) is 63.9 Å². The van der Waals surface area contributed by atoms with Crippen molar-refractivity contribution in [3.05, 3.63) is 23.8 Å². The second kappa shape index (κ2) is 26.4. The Morgan fingerprint density at radius 1 is 0.828 bits per heavy atom. The maximum absolute atomic E-state index is 14.0. The Bertz CT molecular complexity index is 1970. The number of piperazine rings is 2. The molecule has 2 saturated heterocycles. The smallest absolute Gasteiger partial charge is 0.338 e. The molecule has 25 heteroatoms. The minimum Gasteiger partial charge on any atom is -0.481 e. The molecule has 5 rings (SSSR count). The predicted molar refractivity (Wildman–Crippen MR) is 231 cm³/mol. The number of nitrogens with one attached hydrogen (secondary N) is 2. The second-order valence-electron chi connectivity index (χ2n) is 15.2. The molecule has 0 aliphatic carbocycles. The molecular formula is C39H64N18O7+2. The number of carbonyl (C=O) groups is 3. The molecule has 2 amide bonds. The number of ether oxygens (including phenoxy) is 3. The van der Waals surface area contributed by atoms with Crippen molar-refractivity contribution in [3.8, 4) is 12.3 Å². The quantitative estimate of drug-likeness (QED) is 0.0172. The third kappa shape index (κ3) is 16.2. The molecule has 0 unspecified atom stereocenters. The summed E-state index contributed by atoms with van der Waals surface area (Å²) < 4.78 is 19.6. The molecule has 2 fully saturated rings. The lowest BCUT2D eigenvalue weighted by molar-refractivity contribution is -0.459. The fraction of sp³-hybridized carbons (Fsp3) is 0.667. The number of carbonyl (C=O) groups excluding carboxylic acids is 2. The number of guanidine groups is 1. The first-order valence-corrected chi connectivity index (χ1v) is 21.8. The van der Waals surface area contributed by atoms with Gasteiger partial charge in [0.15, 0.2) is 0 Å². The number of amides is 2. The van der Waals surface area contributed by atoms with Crippen LogP contribution < -0.4 is 37.3 Å². The third-order valence-electron chi connectivity index (χ3n) is 10.4. The highest BCUT2D eigenvalue weighted by molar-refractivity contribution is 5.80.